The summed E-state index contributed by atoms with van der Waals surface area (Å²) in [7, 11) is 1.77. The Morgan fingerprint density at radius 3 is 2.79 bits per heavy atom. The molecule has 7 nitrogen and oxygen atoms in total. The molecule has 2 aromatic rings. The zero-order chi connectivity index (χ0) is 17.4. The molecule has 0 spiro atoms. The fraction of sp³-hybridized carbons (Fsp3) is 0.235. The molecule has 0 bridgehead atoms. The van der Waals surface area contributed by atoms with Gasteiger partial charge in [-0.1, -0.05) is 12.2 Å². The molecule has 0 amide bonds. The molecular weight excluding hydrogens is 310 g/mol. The van der Waals surface area contributed by atoms with Gasteiger partial charge in [-0.3, -0.25) is 0 Å². The zero-order valence-electron chi connectivity index (χ0n) is 13.2. The highest BCUT2D eigenvalue weighted by atomic mass is 16.5. The number of carbonyl (C=O) groups excluding carboxylic acids is 1. The van der Waals surface area contributed by atoms with Gasteiger partial charge in [0.25, 0.3) is 0 Å². The summed E-state index contributed by atoms with van der Waals surface area (Å²) in [6.07, 6.45) is 9.30. The molecule has 1 heterocycles. The minimum Gasteiger partial charge on any atom is -0.508 e. The van der Waals surface area contributed by atoms with Crippen molar-refractivity contribution in [1.29, 1.82) is 0 Å². The summed E-state index contributed by atoms with van der Waals surface area (Å²) in [4.78, 5) is 19.8. The van der Waals surface area contributed by atoms with E-state index < -0.39 is 5.97 Å². The molecule has 0 aliphatic heterocycles. The number of benzene rings is 1. The minimum atomic E-state index is -0.691. The average Bonchev–Trinajstić information content (AvgIpc) is 2.60. The average molecular weight is 329 g/mol. The van der Waals surface area contributed by atoms with E-state index in [1.54, 1.807) is 19.4 Å². The van der Waals surface area contributed by atoms with Gasteiger partial charge in [-0.25, -0.2) is 14.8 Å². The standard InChI is InChI=1S/C17H19N3O4/c1-18-13(4-2-3-12-8-19-11-20-9-12)10-24-17(23)15-7-14(21)5-6-16(15)22/h2-3,5-9,11,13,18,21-22H,4,10H2,1H3/b3-2+. The van der Waals surface area contributed by atoms with E-state index >= 15 is 0 Å². The lowest BCUT2D eigenvalue weighted by Gasteiger charge is -2.14. The van der Waals surface area contributed by atoms with E-state index in [-0.39, 0.29) is 29.7 Å². The molecule has 1 aromatic heterocycles. The van der Waals surface area contributed by atoms with Crippen molar-refractivity contribution in [2.75, 3.05) is 13.7 Å². The Balaban J connectivity index is 1.87. The van der Waals surface area contributed by atoms with Gasteiger partial charge in [-0.05, 0) is 31.7 Å². The summed E-state index contributed by atoms with van der Waals surface area (Å²) in [5.74, 6) is -1.04. The number of likely N-dealkylation sites (N-methyl/N-ethyl adjacent to an activating group) is 1. The van der Waals surface area contributed by atoms with Crippen LogP contribution in [0.15, 0.2) is 43.0 Å². The van der Waals surface area contributed by atoms with Crippen molar-refractivity contribution in [2.45, 2.75) is 12.5 Å². The molecule has 1 aromatic carbocycles. The van der Waals surface area contributed by atoms with E-state index in [4.69, 9.17) is 4.74 Å². The summed E-state index contributed by atoms with van der Waals surface area (Å²) < 4.78 is 5.19. The number of nitrogens with one attached hydrogen (secondary N) is 1. The first-order valence-electron chi connectivity index (χ1n) is 7.38. The Kier molecular flexibility index (Phi) is 6.27. The summed E-state index contributed by atoms with van der Waals surface area (Å²) in [6.45, 7) is 0.125. The van der Waals surface area contributed by atoms with Gasteiger partial charge in [-0.15, -0.1) is 0 Å². The Morgan fingerprint density at radius 1 is 1.33 bits per heavy atom. The minimum absolute atomic E-state index is 0.0678. The number of hydrogen-bond donors (Lipinski definition) is 3. The molecule has 0 aliphatic rings. The van der Waals surface area contributed by atoms with E-state index in [9.17, 15) is 15.0 Å². The van der Waals surface area contributed by atoms with E-state index in [2.05, 4.69) is 15.3 Å². The predicted octanol–water partition coefficient (Wildman–Crippen LogP) is 1.74. The molecule has 7 heteroatoms. The Hall–Kier alpha value is -2.93. The Bertz CT molecular complexity index is 704. The molecule has 0 saturated heterocycles. The van der Waals surface area contributed by atoms with E-state index in [1.807, 2.05) is 12.2 Å². The fourth-order valence-electron chi connectivity index (χ4n) is 1.98. The number of carbonyl (C=O) groups is 1. The van der Waals surface area contributed by atoms with Gasteiger partial charge < -0.3 is 20.3 Å². The monoisotopic (exact) mass is 329 g/mol. The molecule has 1 atom stereocenters. The predicted molar refractivity (Wildman–Crippen MR) is 88.6 cm³/mol. The maximum Gasteiger partial charge on any atom is 0.342 e. The van der Waals surface area contributed by atoms with Crippen LogP contribution in [-0.4, -0.2) is 45.8 Å². The highest BCUT2D eigenvalue weighted by Crippen LogP contribution is 2.22. The largest absolute Gasteiger partial charge is 0.508 e. The normalized spacial score (nSPS) is 12.2. The van der Waals surface area contributed by atoms with Crippen LogP contribution in [0.25, 0.3) is 6.08 Å². The van der Waals surface area contributed by atoms with Crippen LogP contribution in [0.2, 0.25) is 0 Å². The first-order valence-corrected chi connectivity index (χ1v) is 7.38. The highest BCUT2D eigenvalue weighted by Gasteiger charge is 2.15. The van der Waals surface area contributed by atoms with E-state index in [0.29, 0.717) is 6.42 Å². The van der Waals surface area contributed by atoms with Crippen molar-refractivity contribution in [3.05, 3.63) is 54.1 Å². The van der Waals surface area contributed by atoms with Gasteiger partial charge in [0.05, 0.1) is 0 Å². The van der Waals surface area contributed by atoms with Gasteiger partial charge in [0.2, 0.25) is 0 Å². The molecule has 2 rings (SSSR count). The summed E-state index contributed by atoms with van der Waals surface area (Å²) >= 11 is 0. The Labute approximate surface area is 139 Å². The SMILES string of the molecule is CNC(C/C=C/c1cncnc1)COC(=O)c1cc(O)ccc1O. The van der Waals surface area contributed by atoms with Crippen molar-refractivity contribution >= 4 is 12.0 Å². The second-order valence-electron chi connectivity index (χ2n) is 5.10. The summed E-state index contributed by atoms with van der Waals surface area (Å²) in [6, 6.07) is 3.61. The van der Waals surface area contributed by atoms with Gasteiger partial charge in [0.15, 0.2) is 0 Å². The van der Waals surface area contributed by atoms with Gasteiger partial charge in [0, 0.05) is 24.0 Å². The summed E-state index contributed by atoms with van der Waals surface area (Å²) in [5.41, 5.74) is 0.816. The van der Waals surface area contributed by atoms with Crippen LogP contribution >= 0.6 is 0 Å². The molecule has 0 aliphatic carbocycles. The zero-order valence-corrected chi connectivity index (χ0v) is 13.2. The van der Waals surface area contributed by atoms with Crippen LogP contribution in [0.5, 0.6) is 11.5 Å². The first kappa shape index (κ1) is 17.4. The number of nitrogens with zero attached hydrogens (tertiary/aromatic N) is 2. The number of phenols is 2. The van der Waals surface area contributed by atoms with Crippen LogP contribution < -0.4 is 5.32 Å². The quantitative estimate of drug-likeness (QED) is 0.525. The number of aromatic nitrogens is 2. The van der Waals surface area contributed by atoms with E-state index in [0.717, 1.165) is 5.56 Å². The van der Waals surface area contributed by atoms with Gasteiger partial charge in [0.1, 0.15) is 30.0 Å². The van der Waals surface area contributed by atoms with Crippen molar-refractivity contribution in [1.82, 2.24) is 15.3 Å². The third-order valence-corrected chi connectivity index (χ3v) is 3.34. The number of hydrogen-bond acceptors (Lipinski definition) is 7. The molecule has 0 radical (unpaired) electrons. The van der Waals surface area contributed by atoms with Crippen LogP contribution in [0, 0.1) is 0 Å². The lowest BCUT2D eigenvalue weighted by Crippen LogP contribution is -2.31. The van der Waals surface area contributed by atoms with Crippen molar-refractivity contribution in [3.8, 4) is 11.5 Å². The smallest absolute Gasteiger partial charge is 0.342 e. The van der Waals surface area contributed by atoms with Crippen molar-refractivity contribution < 1.29 is 19.7 Å². The molecule has 0 fully saturated rings. The fourth-order valence-corrected chi connectivity index (χ4v) is 1.98. The highest BCUT2D eigenvalue weighted by molar-refractivity contribution is 5.92. The maximum absolute atomic E-state index is 12.0. The number of ether oxygens (including phenoxy) is 1. The second-order valence-corrected chi connectivity index (χ2v) is 5.10. The van der Waals surface area contributed by atoms with Crippen molar-refractivity contribution in [3.63, 3.8) is 0 Å². The molecule has 0 saturated carbocycles. The molecule has 24 heavy (non-hydrogen) atoms. The van der Waals surface area contributed by atoms with Crippen LogP contribution in [-0.2, 0) is 4.74 Å². The third-order valence-electron chi connectivity index (χ3n) is 3.34. The summed E-state index contributed by atoms with van der Waals surface area (Å²) in [5, 5.41) is 22.1. The lowest BCUT2D eigenvalue weighted by atomic mass is 10.1. The van der Waals surface area contributed by atoms with Crippen LogP contribution in [0.4, 0.5) is 0 Å². The lowest BCUT2D eigenvalue weighted by molar-refractivity contribution is 0.0466. The number of esters is 1. The van der Waals surface area contributed by atoms with E-state index in [1.165, 1.54) is 24.5 Å². The number of aromatic hydroxyl groups is 2. The van der Waals surface area contributed by atoms with Crippen LogP contribution in [0.3, 0.4) is 0 Å². The van der Waals surface area contributed by atoms with Gasteiger partial charge >= 0.3 is 5.97 Å². The number of phenolic OH excluding ortho intramolecular Hbond substituents is 2. The Morgan fingerprint density at radius 2 is 2.08 bits per heavy atom. The molecular formula is C17H19N3O4. The molecule has 126 valence electrons. The third kappa shape index (κ3) is 5.06. The second kappa shape index (κ2) is 8.64. The van der Waals surface area contributed by atoms with Gasteiger partial charge in [-0.2, -0.15) is 0 Å². The van der Waals surface area contributed by atoms with Crippen LogP contribution in [0.1, 0.15) is 22.3 Å². The maximum atomic E-state index is 12.0. The topological polar surface area (TPSA) is 105 Å². The molecule has 1 unspecified atom stereocenters. The van der Waals surface area contributed by atoms with Crippen molar-refractivity contribution in [2.24, 2.45) is 0 Å². The number of rotatable bonds is 7. The molecule has 3 N–H and O–H groups in total. The first-order chi connectivity index (χ1) is 11.6.